The Kier molecular flexibility index (Phi) is 0.965. The molecule has 6 heavy (non-hydrogen) atoms. The van der Waals surface area contributed by atoms with Gasteiger partial charge in [0.25, 0.3) is 0 Å². The number of nitrogens with one attached hydrogen (secondary N) is 1. The molecule has 0 amide bonds. The molecule has 0 saturated carbocycles. The molecule has 0 aromatic carbocycles. The van der Waals surface area contributed by atoms with E-state index in [1.807, 2.05) is 0 Å². The van der Waals surface area contributed by atoms with Gasteiger partial charge in [0.05, 0.1) is 12.9 Å². The topological polar surface area (TPSA) is 24.4 Å². The second kappa shape index (κ2) is 1.47. The molecule has 1 unspecified atom stereocenters. The quantitative estimate of drug-likeness (QED) is 0.344. The van der Waals surface area contributed by atoms with Gasteiger partial charge in [-0.1, -0.05) is 11.6 Å². The fourth-order valence-corrected chi connectivity index (χ4v) is 0.468. The number of hydrogen-bond donors (Lipinski definition) is 1. The van der Waals surface area contributed by atoms with Gasteiger partial charge in [-0.3, -0.25) is 4.99 Å². The van der Waals surface area contributed by atoms with Crippen LogP contribution in [0.2, 0.25) is 0 Å². The summed E-state index contributed by atoms with van der Waals surface area (Å²) in [4.78, 5) is 3.80. The standard InChI is InChI=1S/C3H5ClN2/c4-3-1-5-2-6-3/h2-3H,1H2,(H,5,6). The van der Waals surface area contributed by atoms with Crippen LogP contribution in [0.25, 0.3) is 0 Å². The SMILES string of the molecule is ClC1CN=CN1. The maximum atomic E-state index is 5.48. The van der Waals surface area contributed by atoms with Crippen molar-refractivity contribution in [2.24, 2.45) is 4.99 Å². The van der Waals surface area contributed by atoms with Crippen molar-refractivity contribution in [1.82, 2.24) is 5.32 Å². The van der Waals surface area contributed by atoms with E-state index in [4.69, 9.17) is 11.6 Å². The van der Waals surface area contributed by atoms with Gasteiger partial charge in [0.1, 0.15) is 5.50 Å². The Morgan fingerprint density at radius 1 is 2.00 bits per heavy atom. The number of alkyl halides is 1. The third kappa shape index (κ3) is 0.627. The molecular weight excluding hydrogens is 99.5 g/mol. The zero-order valence-electron chi connectivity index (χ0n) is 3.19. The zero-order chi connectivity index (χ0) is 4.41. The van der Waals surface area contributed by atoms with Crippen LogP contribution >= 0.6 is 11.6 Å². The average molecular weight is 105 g/mol. The lowest BCUT2D eigenvalue weighted by Gasteiger charge is -1.91. The highest BCUT2D eigenvalue weighted by atomic mass is 35.5. The monoisotopic (exact) mass is 104 g/mol. The van der Waals surface area contributed by atoms with Crippen LogP contribution in [0.15, 0.2) is 4.99 Å². The predicted molar refractivity (Wildman–Crippen MR) is 26.1 cm³/mol. The minimum absolute atomic E-state index is 0.0463. The molecular formula is C3H5ClN2. The lowest BCUT2D eigenvalue weighted by Crippen LogP contribution is -2.16. The van der Waals surface area contributed by atoms with Gasteiger partial charge in [-0.25, -0.2) is 0 Å². The number of nitrogens with zero attached hydrogens (tertiary/aromatic N) is 1. The van der Waals surface area contributed by atoms with Gasteiger partial charge < -0.3 is 5.32 Å². The third-order valence-corrected chi connectivity index (χ3v) is 0.876. The van der Waals surface area contributed by atoms with E-state index in [2.05, 4.69) is 10.3 Å². The Balaban J connectivity index is 2.32. The molecule has 34 valence electrons. The van der Waals surface area contributed by atoms with Crippen molar-refractivity contribution >= 4 is 17.9 Å². The zero-order valence-corrected chi connectivity index (χ0v) is 3.94. The number of aliphatic imine (C=N–C) groups is 1. The second-order valence-electron chi connectivity index (χ2n) is 1.13. The van der Waals surface area contributed by atoms with Crippen LogP contribution < -0.4 is 5.32 Å². The van der Waals surface area contributed by atoms with E-state index < -0.39 is 0 Å². The Hall–Kier alpha value is -0.240. The van der Waals surface area contributed by atoms with Crippen LogP contribution in [0.4, 0.5) is 0 Å². The van der Waals surface area contributed by atoms with Gasteiger partial charge in [-0.15, -0.1) is 0 Å². The summed E-state index contributed by atoms with van der Waals surface area (Å²) in [6, 6.07) is 0. The average Bonchev–Trinajstić information content (AvgIpc) is 1.86. The first-order valence-electron chi connectivity index (χ1n) is 1.78. The summed E-state index contributed by atoms with van der Waals surface area (Å²) in [5.74, 6) is 0. The molecule has 1 N–H and O–H groups in total. The molecule has 0 bridgehead atoms. The normalized spacial score (nSPS) is 30.5. The summed E-state index contributed by atoms with van der Waals surface area (Å²) in [5.41, 5.74) is 0.0463. The molecule has 3 heteroatoms. The van der Waals surface area contributed by atoms with Gasteiger partial charge in [-0.2, -0.15) is 0 Å². The molecule has 0 saturated heterocycles. The summed E-state index contributed by atoms with van der Waals surface area (Å²) in [7, 11) is 0. The van der Waals surface area contributed by atoms with Crippen molar-refractivity contribution in [3.05, 3.63) is 0 Å². The number of rotatable bonds is 0. The Morgan fingerprint density at radius 2 is 2.83 bits per heavy atom. The minimum atomic E-state index is 0.0463. The molecule has 0 fully saturated rings. The van der Waals surface area contributed by atoms with E-state index in [0.29, 0.717) is 6.54 Å². The van der Waals surface area contributed by atoms with Gasteiger partial charge in [0.15, 0.2) is 0 Å². The molecule has 1 rings (SSSR count). The summed E-state index contributed by atoms with van der Waals surface area (Å²) in [6.07, 6.45) is 1.62. The number of hydrogen-bond acceptors (Lipinski definition) is 2. The highest BCUT2D eigenvalue weighted by molar-refractivity contribution is 6.21. The van der Waals surface area contributed by atoms with Crippen molar-refractivity contribution < 1.29 is 0 Å². The van der Waals surface area contributed by atoms with Crippen molar-refractivity contribution in [2.75, 3.05) is 6.54 Å². The molecule has 0 spiro atoms. The Bertz CT molecular complexity index is 63.2. The van der Waals surface area contributed by atoms with Crippen LogP contribution in [-0.2, 0) is 0 Å². The summed E-state index contributed by atoms with van der Waals surface area (Å²) in [5, 5.41) is 2.79. The van der Waals surface area contributed by atoms with Crippen LogP contribution in [0.5, 0.6) is 0 Å². The first-order chi connectivity index (χ1) is 2.89. The fourth-order valence-electron chi connectivity index (χ4n) is 0.332. The van der Waals surface area contributed by atoms with Crippen LogP contribution in [0.1, 0.15) is 0 Å². The maximum Gasteiger partial charge on any atom is 0.122 e. The molecule has 1 aliphatic rings. The highest BCUT2D eigenvalue weighted by Gasteiger charge is 2.01. The maximum absolute atomic E-state index is 5.48. The molecule has 1 heterocycles. The third-order valence-electron chi connectivity index (χ3n) is 0.612. The number of halogens is 1. The lowest BCUT2D eigenvalue weighted by molar-refractivity contribution is 0.883. The predicted octanol–water partition coefficient (Wildman–Crippen LogP) is 0.183. The Labute approximate surface area is 41.2 Å². The molecule has 0 aliphatic carbocycles. The van der Waals surface area contributed by atoms with E-state index in [0.717, 1.165) is 0 Å². The summed E-state index contributed by atoms with van der Waals surface area (Å²) < 4.78 is 0. The molecule has 0 aromatic rings. The largest absolute Gasteiger partial charge is 0.359 e. The van der Waals surface area contributed by atoms with E-state index in [-0.39, 0.29) is 5.50 Å². The van der Waals surface area contributed by atoms with E-state index >= 15 is 0 Å². The van der Waals surface area contributed by atoms with Gasteiger partial charge in [-0.05, 0) is 0 Å². The Morgan fingerprint density at radius 3 is 3.00 bits per heavy atom. The molecule has 0 radical (unpaired) electrons. The van der Waals surface area contributed by atoms with E-state index in [1.165, 1.54) is 0 Å². The van der Waals surface area contributed by atoms with E-state index in [9.17, 15) is 0 Å². The van der Waals surface area contributed by atoms with Crippen LogP contribution in [0, 0.1) is 0 Å². The molecule has 1 aliphatic heterocycles. The van der Waals surface area contributed by atoms with Gasteiger partial charge in [0.2, 0.25) is 0 Å². The first-order valence-corrected chi connectivity index (χ1v) is 2.21. The van der Waals surface area contributed by atoms with Crippen molar-refractivity contribution in [3.8, 4) is 0 Å². The van der Waals surface area contributed by atoms with Crippen LogP contribution in [-0.4, -0.2) is 18.4 Å². The fraction of sp³-hybridized carbons (Fsp3) is 0.667. The second-order valence-corrected chi connectivity index (χ2v) is 1.66. The molecule has 1 atom stereocenters. The smallest absolute Gasteiger partial charge is 0.122 e. The molecule has 2 nitrogen and oxygen atoms in total. The van der Waals surface area contributed by atoms with Crippen molar-refractivity contribution in [3.63, 3.8) is 0 Å². The molecule has 0 aromatic heterocycles. The van der Waals surface area contributed by atoms with Gasteiger partial charge >= 0.3 is 0 Å². The van der Waals surface area contributed by atoms with Gasteiger partial charge in [0, 0.05) is 0 Å². The summed E-state index contributed by atoms with van der Waals surface area (Å²) >= 11 is 5.48. The van der Waals surface area contributed by atoms with Crippen molar-refractivity contribution in [1.29, 1.82) is 0 Å². The highest BCUT2D eigenvalue weighted by Crippen LogP contribution is 1.92. The minimum Gasteiger partial charge on any atom is -0.359 e. The first kappa shape index (κ1) is 3.93. The van der Waals surface area contributed by atoms with Crippen molar-refractivity contribution in [2.45, 2.75) is 5.50 Å². The van der Waals surface area contributed by atoms with Crippen LogP contribution in [0.3, 0.4) is 0 Å². The summed E-state index contributed by atoms with van der Waals surface area (Å²) in [6.45, 7) is 0.710. The van der Waals surface area contributed by atoms with E-state index in [1.54, 1.807) is 6.34 Å². The lowest BCUT2D eigenvalue weighted by atomic mass is 10.7.